The van der Waals surface area contributed by atoms with E-state index < -0.39 is 17.8 Å². The fourth-order valence-corrected chi connectivity index (χ4v) is 3.55. The van der Waals surface area contributed by atoms with E-state index in [1.807, 2.05) is 32.0 Å². The second-order valence-electron chi connectivity index (χ2n) is 7.95. The molecule has 0 radical (unpaired) electrons. The highest BCUT2D eigenvalue weighted by Gasteiger charge is 2.36. The average Bonchev–Trinajstić information content (AvgIpc) is 2.84. The summed E-state index contributed by atoms with van der Waals surface area (Å²) in [4.78, 5) is 50.9. The van der Waals surface area contributed by atoms with Crippen molar-refractivity contribution in [2.45, 2.75) is 13.8 Å². The second kappa shape index (κ2) is 10.0. The SMILES string of the molecule is Cc1cccc(NC(=O)COc2cccc(/C=C3/C(=O)NC(=O)N(c4ccccc4)C3=O)c2)c1C. The summed E-state index contributed by atoms with van der Waals surface area (Å²) < 4.78 is 5.61. The standard InChI is InChI=1S/C27H23N3O5/c1-17-8-6-13-23(18(17)2)28-24(31)16-35-21-12-7-9-19(14-21)15-22-25(32)29-27(34)30(26(22)33)20-10-4-3-5-11-20/h3-15H,16H2,1-2H3,(H,28,31)(H,29,32,34)/b22-15-. The fourth-order valence-electron chi connectivity index (χ4n) is 3.55. The van der Waals surface area contributed by atoms with E-state index in [1.54, 1.807) is 54.6 Å². The molecule has 1 aliphatic heterocycles. The van der Waals surface area contributed by atoms with Gasteiger partial charge in [-0.3, -0.25) is 19.7 Å². The van der Waals surface area contributed by atoms with E-state index in [2.05, 4.69) is 10.6 Å². The molecule has 0 aliphatic carbocycles. The smallest absolute Gasteiger partial charge is 0.335 e. The number of nitrogens with one attached hydrogen (secondary N) is 2. The van der Waals surface area contributed by atoms with Gasteiger partial charge in [0.05, 0.1) is 5.69 Å². The molecule has 3 aromatic carbocycles. The van der Waals surface area contributed by atoms with E-state index in [4.69, 9.17) is 4.74 Å². The third-order valence-electron chi connectivity index (χ3n) is 5.53. The first kappa shape index (κ1) is 23.4. The summed E-state index contributed by atoms with van der Waals surface area (Å²) in [5, 5.41) is 5.02. The summed E-state index contributed by atoms with van der Waals surface area (Å²) in [6, 6.07) is 19.8. The van der Waals surface area contributed by atoms with Crippen molar-refractivity contribution in [2.24, 2.45) is 0 Å². The Morgan fingerprint density at radius 1 is 0.971 bits per heavy atom. The molecule has 8 nitrogen and oxygen atoms in total. The van der Waals surface area contributed by atoms with E-state index in [9.17, 15) is 19.2 Å². The minimum absolute atomic E-state index is 0.196. The predicted molar refractivity (Wildman–Crippen MR) is 132 cm³/mol. The van der Waals surface area contributed by atoms with E-state index in [-0.39, 0.29) is 18.1 Å². The zero-order valence-corrected chi connectivity index (χ0v) is 19.2. The number of anilines is 2. The minimum atomic E-state index is -0.810. The Hall–Kier alpha value is -4.72. The Bertz CT molecular complexity index is 1350. The van der Waals surface area contributed by atoms with Gasteiger partial charge in [-0.05, 0) is 66.9 Å². The number of benzene rings is 3. The van der Waals surface area contributed by atoms with Crippen LogP contribution in [0.2, 0.25) is 0 Å². The van der Waals surface area contributed by atoms with Gasteiger partial charge in [0.2, 0.25) is 0 Å². The van der Waals surface area contributed by atoms with Crippen LogP contribution in [0, 0.1) is 13.8 Å². The molecule has 0 saturated carbocycles. The van der Waals surface area contributed by atoms with Gasteiger partial charge in [-0.25, -0.2) is 9.69 Å². The number of aryl methyl sites for hydroxylation is 1. The molecule has 176 valence electrons. The molecule has 8 heteroatoms. The summed E-state index contributed by atoms with van der Waals surface area (Å²) in [5.41, 5.74) is 3.42. The van der Waals surface area contributed by atoms with Crippen molar-refractivity contribution in [2.75, 3.05) is 16.8 Å². The van der Waals surface area contributed by atoms with Gasteiger partial charge in [0.25, 0.3) is 17.7 Å². The second-order valence-corrected chi connectivity index (χ2v) is 7.95. The van der Waals surface area contributed by atoms with Crippen molar-refractivity contribution < 1.29 is 23.9 Å². The first-order valence-electron chi connectivity index (χ1n) is 10.9. The molecule has 1 saturated heterocycles. The lowest BCUT2D eigenvalue weighted by Crippen LogP contribution is -2.54. The Kier molecular flexibility index (Phi) is 6.73. The van der Waals surface area contributed by atoms with Gasteiger partial charge in [-0.15, -0.1) is 0 Å². The molecule has 0 atom stereocenters. The lowest BCUT2D eigenvalue weighted by atomic mass is 10.1. The van der Waals surface area contributed by atoms with Crippen LogP contribution in [0.5, 0.6) is 5.75 Å². The minimum Gasteiger partial charge on any atom is -0.484 e. The van der Waals surface area contributed by atoms with Crippen LogP contribution in [0.15, 0.2) is 78.4 Å². The van der Waals surface area contributed by atoms with Crippen LogP contribution in [0.4, 0.5) is 16.2 Å². The Balaban J connectivity index is 1.48. The first-order valence-corrected chi connectivity index (χ1v) is 10.9. The van der Waals surface area contributed by atoms with Crippen molar-refractivity contribution in [3.05, 3.63) is 95.1 Å². The van der Waals surface area contributed by atoms with Gasteiger partial charge >= 0.3 is 6.03 Å². The number of hydrogen-bond donors (Lipinski definition) is 2. The Morgan fingerprint density at radius 3 is 2.49 bits per heavy atom. The number of barbiturate groups is 1. The third kappa shape index (κ3) is 5.27. The number of nitrogens with zero attached hydrogens (tertiary/aromatic N) is 1. The summed E-state index contributed by atoms with van der Waals surface area (Å²) in [7, 11) is 0. The average molecular weight is 469 g/mol. The van der Waals surface area contributed by atoms with Gasteiger partial charge in [-0.2, -0.15) is 0 Å². The maximum atomic E-state index is 13.0. The molecule has 2 N–H and O–H groups in total. The van der Waals surface area contributed by atoms with E-state index >= 15 is 0 Å². The van der Waals surface area contributed by atoms with Crippen LogP contribution in [-0.4, -0.2) is 30.4 Å². The fraction of sp³-hybridized carbons (Fsp3) is 0.111. The highest BCUT2D eigenvalue weighted by atomic mass is 16.5. The Morgan fingerprint density at radius 2 is 1.71 bits per heavy atom. The molecule has 0 spiro atoms. The van der Waals surface area contributed by atoms with Crippen molar-refractivity contribution in [1.82, 2.24) is 5.32 Å². The molecule has 0 bridgehead atoms. The number of carbonyl (C=O) groups is 4. The van der Waals surface area contributed by atoms with E-state index in [0.29, 0.717) is 17.0 Å². The molecular formula is C27H23N3O5. The molecule has 35 heavy (non-hydrogen) atoms. The molecule has 0 aromatic heterocycles. The Labute approximate surface area is 202 Å². The highest BCUT2D eigenvalue weighted by Crippen LogP contribution is 2.23. The number of carbonyl (C=O) groups excluding carboxylic acids is 4. The topological polar surface area (TPSA) is 105 Å². The predicted octanol–water partition coefficient (Wildman–Crippen LogP) is 3.99. The maximum Gasteiger partial charge on any atom is 0.335 e. The van der Waals surface area contributed by atoms with Crippen LogP contribution in [0.3, 0.4) is 0 Å². The molecule has 4 rings (SSSR count). The molecule has 3 aromatic rings. The number of para-hydroxylation sites is 1. The lowest BCUT2D eigenvalue weighted by Gasteiger charge is -2.26. The first-order chi connectivity index (χ1) is 16.8. The van der Waals surface area contributed by atoms with Crippen molar-refractivity contribution in [3.8, 4) is 5.75 Å². The quantitative estimate of drug-likeness (QED) is 0.420. The van der Waals surface area contributed by atoms with E-state index in [1.165, 1.54) is 6.08 Å². The van der Waals surface area contributed by atoms with Crippen molar-refractivity contribution in [3.63, 3.8) is 0 Å². The molecular weight excluding hydrogens is 446 g/mol. The van der Waals surface area contributed by atoms with Gasteiger partial charge in [-0.1, -0.05) is 42.5 Å². The number of amides is 5. The van der Waals surface area contributed by atoms with Crippen LogP contribution in [0.25, 0.3) is 6.08 Å². The lowest BCUT2D eigenvalue weighted by molar-refractivity contribution is -0.122. The summed E-state index contributed by atoms with van der Waals surface area (Å²) >= 11 is 0. The monoisotopic (exact) mass is 469 g/mol. The summed E-state index contributed by atoms with van der Waals surface area (Å²) in [6.07, 6.45) is 1.38. The van der Waals surface area contributed by atoms with Gasteiger partial charge < -0.3 is 10.1 Å². The molecule has 1 heterocycles. The number of rotatable bonds is 6. The zero-order chi connectivity index (χ0) is 24.9. The summed E-state index contributed by atoms with van der Waals surface area (Å²) in [5.74, 6) is -1.45. The van der Waals surface area contributed by atoms with Gasteiger partial charge in [0.1, 0.15) is 11.3 Å². The number of urea groups is 1. The largest absolute Gasteiger partial charge is 0.484 e. The van der Waals surface area contributed by atoms with Crippen molar-refractivity contribution in [1.29, 1.82) is 0 Å². The molecule has 1 fully saturated rings. The van der Waals surface area contributed by atoms with E-state index in [0.717, 1.165) is 21.7 Å². The van der Waals surface area contributed by atoms with Crippen molar-refractivity contribution >= 4 is 41.2 Å². The highest BCUT2D eigenvalue weighted by molar-refractivity contribution is 6.39. The number of hydrogen-bond acceptors (Lipinski definition) is 5. The maximum absolute atomic E-state index is 13.0. The van der Waals surface area contributed by atoms with Crippen LogP contribution in [0.1, 0.15) is 16.7 Å². The number of imide groups is 2. The van der Waals surface area contributed by atoms with Crippen LogP contribution in [-0.2, 0) is 14.4 Å². The van der Waals surface area contributed by atoms with Crippen LogP contribution < -0.4 is 20.3 Å². The number of ether oxygens (including phenoxy) is 1. The normalized spacial score (nSPS) is 14.6. The summed E-state index contributed by atoms with van der Waals surface area (Å²) in [6.45, 7) is 3.68. The third-order valence-corrected chi connectivity index (χ3v) is 5.53. The van der Waals surface area contributed by atoms with Crippen LogP contribution >= 0.6 is 0 Å². The molecule has 5 amide bonds. The van der Waals surface area contributed by atoms with Gasteiger partial charge in [0, 0.05) is 5.69 Å². The molecule has 1 aliphatic rings. The van der Waals surface area contributed by atoms with Gasteiger partial charge in [0.15, 0.2) is 6.61 Å². The molecule has 0 unspecified atom stereocenters. The zero-order valence-electron chi connectivity index (χ0n) is 19.2.